The van der Waals surface area contributed by atoms with Crippen LogP contribution in [0.2, 0.25) is 0 Å². The van der Waals surface area contributed by atoms with Gasteiger partial charge in [-0.2, -0.15) is 0 Å². The molecule has 0 aromatic carbocycles. The van der Waals surface area contributed by atoms with Crippen LogP contribution in [0.5, 0.6) is 0 Å². The fourth-order valence-electron chi connectivity index (χ4n) is 8.02. The molecular formula is C20H28O3. The SMILES string of the molecule is C=C1C[C@]23C[C@H]1CC[C@H]2[C@@]1(C)CCC[C@@]2(C)C(=O)O[C@@H]([C@@H]3O)[C@@H]12. The van der Waals surface area contributed by atoms with Crippen molar-refractivity contribution in [3.05, 3.63) is 12.2 Å². The Balaban J connectivity index is 1.69. The van der Waals surface area contributed by atoms with Crippen LogP contribution in [0.1, 0.15) is 58.8 Å². The second-order valence-corrected chi connectivity index (χ2v) is 9.67. The Morgan fingerprint density at radius 1 is 1.26 bits per heavy atom. The van der Waals surface area contributed by atoms with E-state index in [2.05, 4.69) is 20.4 Å². The van der Waals surface area contributed by atoms with Crippen LogP contribution in [-0.4, -0.2) is 23.3 Å². The van der Waals surface area contributed by atoms with Crippen molar-refractivity contribution in [2.24, 2.45) is 34.0 Å². The molecule has 1 aliphatic heterocycles. The highest BCUT2D eigenvalue weighted by molar-refractivity contribution is 5.80. The molecule has 5 aliphatic rings. The molecule has 0 aromatic rings. The molecule has 1 spiro atoms. The smallest absolute Gasteiger partial charge is 0.312 e. The third-order valence-corrected chi connectivity index (χ3v) is 8.80. The Kier molecular flexibility index (Phi) is 2.55. The minimum atomic E-state index is -0.503. The number of hydrogen-bond acceptors (Lipinski definition) is 3. The van der Waals surface area contributed by atoms with E-state index in [1.165, 1.54) is 24.8 Å². The first-order valence-corrected chi connectivity index (χ1v) is 9.40. The van der Waals surface area contributed by atoms with E-state index in [0.29, 0.717) is 11.8 Å². The number of carbonyl (C=O) groups excluding carboxylic acids is 1. The molecule has 0 amide bonds. The molecule has 3 heteroatoms. The molecule has 3 nitrogen and oxygen atoms in total. The van der Waals surface area contributed by atoms with Gasteiger partial charge in [-0.15, -0.1) is 0 Å². The molecule has 8 atom stereocenters. The first-order valence-electron chi connectivity index (χ1n) is 9.40. The molecule has 5 fully saturated rings. The lowest BCUT2D eigenvalue weighted by Gasteiger charge is -2.63. The first-order chi connectivity index (χ1) is 10.8. The number of hydrogen-bond donors (Lipinski definition) is 1. The first kappa shape index (κ1) is 14.5. The van der Waals surface area contributed by atoms with Crippen LogP contribution in [0, 0.1) is 34.0 Å². The molecule has 0 unspecified atom stereocenters. The molecular weight excluding hydrogens is 288 g/mol. The lowest BCUT2D eigenvalue weighted by atomic mass is 9.40. The minimum Gasteiger partial charge on any atom is -0.459 e. The maximum Gasteiger partial charge on any atom is 0.312 e. The van der Waals surface area contributed by atoms with Crippen molar-refractivity contribution in [2.75, 3.05) is 0 Å². The molecule has 2 bridgehead atoms. The van der Waals surface area contributed by atoms with Crippen molar-refractivity contribution in [3.8, 4) is 0 Å². The summed E-state index contributed by atoms with van der Waals surface area (Å²) in [7, 11) is 0. The van der Waals surface area contributed by atoms with E-state index in [4.69, 9.17) is 4.74 Å². The molecule has 4 aliphatic carbocycles. The Morgan fingerprint density at radius 2 is 2.04 bits per heavy atom. The van der Waals surface area contributed by atoms with Crippen molar-refractivity contribution in [3.63, 3.8) is 0 Å². The minimum absolute atomic E-state index is 0.0547. The van der Waals surface area contributed by atoms with Crippen LogP contribution in [-0.2, 0) is 9.53 Å². The van der Waals surface area contributed by atoms with Gasteiger partial charge in [0.2, 0.25) is 0 Å². The van der Waals surface area contributed by atoms with E-state index in [-0.39, 0.29) is 34.2 Å². The summed E-state index contributed by atoms with van der Waals surface area (Å²) in [6.45, 7) is 8.82. The lowest BCUT2D eigenvalue weighted by molar-refractivity contribution is -0.219. The highest BCUT2D eigenvalue weighted by Crippen LogP contribution is 2.74. The van der Waals surface area contributed by atoms with Gasteiger partial charge in [0, 0.05) is 11.3 Å². The van der Waals surface area contributed by atoms with Gasteiger partial charge in [-0.25, -0.2) is 0 Å². The van der Waals surface area contributed by atoms with E-state index in [1.807, 2.05) is 0 Å². The Labute approximate surface area is 138 Å². The van der Waals surface area contributed by atoms with E-state index in [1.54, 1.807) is 0 Å². The van der Waals surface area contributed by atoms with Crippen molar-refractivity contribution in [2.45, 2.75) is 71.0 Å². The van der Waals surface area contributed by atoms with Crippen LogP contribution < -0.4 is 0 Å². The van der Waals surface area contributed by atoms with Gasteiger partial charge >= 0.3 is 5.97 Å². The fraction of sp³-hybridized carbons (Fsp3) is 0.850. The predicted octanol–water partition coefficient (Wildman–Crippen LogP) is 3.46. The number of carbonyl (C=O) groups is 1. The molecule has 4 saturated carbocycles. The second-order valence-electron chi connectivity index (χ2n) is 9.67. The van der Waals surface area contributed by atoms with Crippen LogP contribution >= 0.6 is 0 Å². The van der Waals surface area contributed by atoms with Crippen molar-refractivity contribution in [1.82, 2.24) is 0 Å². The number of aliphatic hydroxyl groups is 1. The van der Waals surface area contributed by atoms with Crippen LogP contribution in [0.3, 0.4) is 0 Å². The fourth-order valence-corrected chi connectivity index (χ4v) is 8.02. The van der Waals surface area contributed by atoms with Crippen molar-refractivity contribution in [1.29, 1.82) is 0 Å². The molecule has 126 valence electrons. The Morgan fingerprint density at radius 3 is 2.83 bits per heavy atom. The molecule has 0 radical (unpaired) electrons. The van der Waals surface area contributed by atoms with Gasteiger partial charge < -0.3 is 9.84 Å². The van der Waals surface area contributed by atoms with Gasteiger partial charge in [0.25, 0.3) is 0 Å². The third kappa shape index (κ3) is 1.41. The predicted molar refractivity (Wildman–Crippen MR) is 86.5 cm³/mol. The van der Waals surface area contributed by atoms with Gasteiger partial charge in [-0.05, 0) is 62.7 Å². The molecule has 1 saturated heterocycles. The zero-order chi connectivity index (χ0) is 16.2. The summed E-state index contributed by atoms with van der Waals surface area (Å²) >= 11 is 0. The highest BCUT2D eigenvalue weighted by atomic mass is 16.6. The zero-order valence-electron chi connectivity index (χ0n) is 14.3. The summed E-state index contributed by atoms with van der Waals surface area (Å²) in [5, 5.41) is 11.4. The Hall–Kier alpha value is -0.830. The summed E-state index contributed by atoms with van der Waals surface area (Å²) in [5.74, 6) is 1.22. The second kappa shape index (κ2) is 4.04. The van der Waals surface area contributed by atoms with Crippen molar-refractivity contribution >= 4 is 5.97 Å². The van der Waals surface area contributed by atoms with Gasteiger partial charge in [-0.1, -0.05) is 25.5 Å². The number of allylic oxidation sites excluding steroid dienone is 1. The van der Waals surface area contributed by atoms with Gasteiger partial charge in [0.05, 0.1) is 11.5 Å². The normalized spacial score (nSPS) is 60.2. The number of ether oxygens (including phenoxy) is 1. The van der Waals surface area contributed by atoms with Crippen LogP contribution in [0.4, 0.5) is 0 Å². The lowest BCUT2D eigenvalue weighted by Crippen LogP contribution is -2.65. The van der Waals surface area contributed by atoms with Gasteiger partial charge in [0.15, 0.2) is 0 Å². The van der Waals surface area contributed by atoms with Crippen molar-refractivity contribution < 1.29 is 14.6 Å². The van der Waals surface area contributed by atoms with E-state index < -0.39 is 6.10 Å². The molecule has 5 rings (SSSR count). The van der Waals surface area contributed by atoms with Crippen LogP contribution in [0.25, 0.3) is 0 Å². The van der Waals surface area contributed by atoms with Gasteiger partial charge in [0.1, 0.15) is 6.10 Å². The zero-order valence-corrected chi connectivity index (χ0v) is 14.3. The largest absolute Gasteiger partial charge is 0.459 e. The number of rotatable bonds is 0. The number of esters is 1. The summed E-state index contributed by atoms with van der Waals surface area (Å²) in [5.41, 5.74) is 0.987. The quantitative estimate of drug-likeness (QED) is 0.550. The van der Waals surface area contributed by atoms with E-state index in [9.17, 15) is 9.90 Å². The molecule has 1 N–H and O–H groups in total. The number of aliphatic hydroxyl groups excluding tert-OH is 1. The third-order valence-electron chi connectivity index (χ3n) is 8.80. The number of fused-ring (bicyclic) bond motifs is 2. The highest BCUT2D eigenvalue weighted by Gasteiger charge is 2.74. The average Bonchev–Trinajstić information content (AvgIpc) is 2.91. The maximum absolute atomic E-state index is 12.7. The van der Waals surface area contributed by atoms with E-state index in [0.717, 1.165) is 25.7 Å². The monoisotopic (exact) mass is 316 g/mol. The standard InChI is InChI=1S/C20H28O3/c1-11-9-20-10-12(11)5-6-13(20)18(2)7-4-8-19(3)15(18)14(16(20)21)23-17(19)22/h12-16,21H,1,4-10H2,2-3H3/t12-,13+,14-,15+,16+,18-,19-,20+/m1/s1. The summed E-state index contributed by atoms with van der Waals surface area (Å²) in [6, 6.07) is 0. The van der Waals surface area contributed by atoms with Gasteiger partial charge in [-0.3, -0.25) is 4.79 Å². The summed E-state index contributed by atoms with van der Waals surface area (Å²) in [6.07, 6.45) is 6.82. The van der Waals surface area contributed by atoms with E-state index >= 15 is 0 Å². The summed E-state index contributed by atoms with van der Waals surface area (Å²) in [4.78, 5) is 12.7. The topological polar surface area (TPSA) is 46.5 Å². The molecule has 23 heavy (non-hydrogen) atoms. The molecule has 0 aromatic heterocycles. The maximum atomic E-state index is 12.7. The Bertz CT molecular complexity index is 612. The summed E-state index contributed by atoms with van der Waals surface area (Å²) < 4.78 is 5.87. The molecule has 1 heterocycles. The average molecular weight is 316 g/mol. The van der Waals surface area contributed by atoms with Crippen LogP contribution in [0.15, 0.2) is 12.2 Å².